The molecule has 0 saturated heterocycles. The molecular weight excluding hydrogens is 86.8 g/mol. The van der Waals surface area contributed by atoms with Gasteiger partial charge in [0.1, 0.15) is 0 Å². The Hall–Kier alpha value is 0.885. The van der Waals surface area contributed by atoms with E-state index in [1.165, 1.54) is 0 Å². The molecule has 0 rings (SSSR count). The molecule has 2 atom stereocenters. The first-order valence-electron chi connectivity index (χ1n) is 0.577. The van der Waals surface area contributed by atoms with Crippen molar-refractivity contribution in [2.24, 2.45) is 5.50 Å². The van der Waals surface area contributed by atoms with E-state index in [4.69, 9.17) is 5.50 Å². The van der Waals surface area contributed by atoms with Crippen LogP contribution >= 0.6 is 17.3 Å². The molecule has 26 valence electrons. The molecule has 0 aromatic rings. The van der Waals surface area contributed by atoms with Gasteiger partial charge in [-0.25, -0.2) is 0 Å². The van der Waals surface area contributed by atoms with Gasteiger partial charge < -0.3 is 5.50 Å². The number of hydrogen-bond donors (Lipinski definition) is 1. The van der Waals surface area contributed by atoms with E-state index in [2.05, 4.69) is 8.93 Å². The third-order valence-electron chi connectivity index (χ3n) is 0. The highest BCUT2D eigenvalue weighted by Crippen LogP contribution is 2.04. The van der Waals surface area contributed by atoms with E-state index in [0.29, 0.717) is 8.42 Å². The van der Waals surface area contributed by atoms with Crippen molar-refractivity contribution in [2.45, 2.75) is 0 Å². The lowest BCUT2D eigenvalue weighted by atomic mass is 10.8. The van der Waals surface area contributed by atoms with Gasteiger partial charge in [0, 0.05) is 0 Å². The second kappa shape index (κ2) is 9.10. The van der Waals surface area contributed by atoms with E-state index >= 15 is 0 Å². The maximum absolute atomic E-state index is 4.84. The Morgan fingerprint density at radius 1 is 1.75 bits per heavy atom. The zero-order chi connectivity index (χ0) is 2.71. The van der Waals surface area contributed by atoms with Gasteiger partial charge in [-0.1, -0.05) is 8.93 Å². The van der Waals surface area contributed by atoms with E-state index in [-0.39, 0.29) is 8.41 Å². The summed E-state index contributed by atoms with van der Waals surface area (Å²) in [4.78, 5) is 0. The van der Waals surface area contributed by atoms with Crippen LogP contribution in [0.3, 0.4) is 0 Å². The first-order valence-corrected chi connectivity index (χ1v) is 3.46. The van der Waals surface area contributed by atoms with Crippen LogP contribution in [0.5, 0.6) is 0 Å². The predicted molar refractivity (Wildman–Crippen MR) is 32.2 cm³/mol. The molecule has 1 nitrogen and oxygen atoms in total. The van der Waals surface area contributed by atoms with Crippen LogP contribution in [0, 0.1) is 0 Å². The molecule has 4 heavy (non-hydrogen) atoms. The Morgan fingerprint density at radius 3 is 1.75 bits per heavy atom. The Morgan fingerprint density at radius 2 is 1.75 bits per heavy atom. The molecule has 0 amide bonds. The van der Waals surface area contributed by atoms with E-state index in [0.717, 1.165) is 0 Å². The monoisotopic (exact) mass is 95.0 g/mol. The van der Waals surface area contributed by atoms with Crippen LogP contribution in [-0.2, 0) is 0 Å². The summed E-state index contributed by atoms with van der Waals surface area (Å²) in [6.07, 6.45) is 0. The van der Waals surface area contributed by atoms with Gasteiger partial charge in [-0.15, -0.1) is 0 Å². The van der Waals surface area contributed by atoms with Gasteiger partial charge in [0.05, 0.1) is 8.41 Å². The Kier molecular flexibility index (Phi) is 20.2. The Labute approximate surface area is 32.2 Å². The molecule has 2 unspecified atom stereocenters. The van der Waals surface area contributed by atoms with Gasteiger partial charge in [-0.2, -0.15) is 0 Å². The lowest BCUT2D eigenvalue weighted by Gasteiger charge is -1.54. The predicted octanol–water partition coefficient (Wildman–Crippen LogP) is -0.855. The summed E-state index contributed by atoms with van der Waals surface area (Å²) >= 11 is 0. The third kappa shape index (κ3) is 13.1. The second-order valence-electron chi connectivity index (χ2n) is 0.167. The molecule has 0 aromatic carbocycles. The fourth-order valence-corrected chi connectivity index (χ4v) is 0. The molecule has 0 spiro atoms. The highest BCUT2D eigenvalue weighted by molar-refractivity contribution is 8.01. The summed E-state index contributed by atoms with van der Waals surface area (Å²) in [6, 6.07) is 0. The third-order valence-corrected chi connectivity index (χ3v) is 0. The van der Waals surface area contributed by atoms with Crippen LogP contribution in [0.4, 0.5) is 0 Å². The molecule has 0 saturated carbocycles. The van der Waals surface area contributed by atoms with Crippen molar-refractivity contribution in [1.82, 2.24) is 0 Å². The average molecular weight is 94.8 g/mol. The number of rotatable bonds is 0. The largest absolute Gasteiger partial charge is 0.309 e. The quantitative estimate of drug-likeness (QED) is 0.307. The molecular formula is H8BNP2. The van der Waals surface area contributed by atoms with Crippen molar-refractivity contribution in [2.75, 3.05) is 0 Å². The van der Waals surface area contributed by atoms with Gasteiger partial charge in [0.15, 0.2) is 0 Å². The van der Waals surface area contributed by atoms with Crippen molar-refractivity contribution >= 4 is 25.8 Å². The maximum atomic E-state index is 4.84. The van der Waals surface area contributed by atoms with E-state index in [1.54, 1.807) is 0 Å². The molecule has 0 aliphatic heterocycles. The van der Waals surface area contributed by atoms with E-state index in [9.17, 15) is 0 Å². The van der Waals surface area contributed by atoms with E-state index < -0.39 is 0 Å². The molecule has 0 aliphatic carbocycles. The highest BCUT2D eigenvalue weighted by atomic mass is 32.0. The molecule has 0 aromatic heterocycles. The van der Waals surface area contributed by atoms with Crippen molar-refractivity contribution < 1.29 is 0 Å². The van der Waals surface area contributed by atoms with Crippen molar-refractivity contribution in [3.05, 3.63) is 0 Å². The molecule has 2 N–H and O–H groups in total. The fourth-order valence-electron chi connectivity index (χ4n) is 0. The summed E-state index contributed by atoms with van der Waals surface area (Å²) in [6.45, 7) is 0. The molecule has 0 bridgehead atoms. The van der Waals surface area contributed by atoms with Gasteiger partial charge >= 0.3 is 0 Å². The molecule has 4 heteroatoms. The average Bonchev–Trinajstić information content (AvgIpc) is 0.918. The SMILES string of the molecule is B.NPP. The maximum Gasteiger partial charge on any atom is 0.0814 e. The van der Waals surface area contributed by atoms with Crippen LogP contribution in [0.25, 0.3) is 0 Å². The van der Waals surface area contributed by atoms with Crippen molar-refractivity contribution in [3.63, 3.8) is 0 Å². The van der Waals surface area contributed by atoms with Gasteiger partial charge in [-0.3, -0.25) is 0 Å². The second-order valence-corrected chi connectivity index (χ2v) is 1.50. The minimum atomic E-state index is 0. The molecule has 0 fully saturated rings. The van der Waals surface area contributed by atoms with Gasteiger partial charge in [-0.05, 0) is 8.42 Å². The summed E-state index contributed by atoms with van der Waals surface area (Å²) in [7, 11) is 2.88. The number of nitrogens with two attached hydrogens (primary N) is 1. The summed E-state index contributed by atoms with van der Waals surface area (Å²) < 4.78 is 0. The zero-order valence-corrected chi connectivity index (χ0v) is 3.81. The van der Waals surface area contributed by atoms with Crippen LogP contribution in [0.2, 0.25) is 0 Å². The molecule has 0 aliphatic rings. The van der Waals surface area contributed by atoms with Crippen molar-refractivity contribution in [1.29, 1.82) is 0 Å². The summed E-state index contributed by atoms with van der Waals surface area (Å²) in [5.41, 5.74) is 4.84. The Balaban J connectivity index is 0. The van der Waals surface area contributed by atoms with Crippen molar-refractivity contribution in [3.8, 4) is 0 Å². The first-order chi connectivity index (χ1) is 1.41. The number of hydrogen-bond acceptors (Lipinski definition) is 1. The van der Waals surface area contributed by atoms with Crippen LogP contribution in [0.1, 0.15) is 0 Å². The first kappa shape index (κ1) is 8.86. The normalized spacial score (nSPS) is 7.50. The van der Waals surface area contributed by atoms with Crippen LogP contribution in [0.15, 0.2) is 0 Å². The van der Waals surface area contributed by atoms with Crippen LogP contribution < -0.4 is 5.50 Å². The molecule has 0 heterocycles. The molecule has 0 radical (unpaired) electrons. The lowest BCUT2D eigenvalue weighted by Crippen LogP contribution is -1.53. The Bertz CT molecular complexity index is 6.00. The van der Waals surface area contributed by atoms with Gasteiger partial charge in [0.2, 0.25) is 0 Å². The lowest BCUT2D eigenvalue weighted by molar-refractivity contribution is 2.05. The zero-order valence-electron chi connectivity index (χ0n) is 1.65. The highest BCUT2D eigenvalue weighted by Gasteiger charge is 1.30. The standard InChI is InChI=1S/BH3.H5NP2/c;1-3-2/h1H3;3H,1-2H2. The topological polar surface area (TPSA) is 26.0 Å². The minimum absolute atomic E-state index is 0. The fraction of sp³-hybridized carbons (Fsp3) is 0. The van der Waals surface area contributed by atoms with Gasteiger partial charge in [0.25, 0.3) is 0 Å². The van der Waals surface area contributed by atoms with Crippen LogP contribution in [-0.4, -0.2) is 8.41 Å². The smallest absolute Gasteiger partial charge is 0.0814 e. The summed E-state index contributed by atoms with van der Waals surface area (Å²) in [5.74, 6) is 0. The van der Waals surface area contributed by atoms with E-state index in [1.807, 2.05) is 0 Å². The minimum Gasteiger partial charge on any atom is -0.309 e. The summed E-state index contributed by atoms with van der Waals surface area (Å²) in [5, 5.41) is 0.